The van der Waals surface area contributed by atoms with E-state index in [1.165, 1.54) is 0 Å². The van der Waals surface area contributed by atoms with Crippen LogP contribution in [0.1, 0.15) is 50.8 Å². The van der Waals surface area contributed by atoms with Crippen LogP contribution in [0.5, 0.6) is 0 Å². The minimum Gasteiger partial charge on any atom is -0.455 e. The van der Waals surface area contributed by atoms with Gasteiger partial charge in [0.05, 0.1) is 11.3 Å². The van der Waals surface area contributed by atoms with Crippen LogP contribution in [0.4, 0.5) is 5.13 Å². The van der Waals surface area contributed by atoms with Gasteiger partial charge in [-0.1, -0.05) is 0 Å². The smallest absolute Gasteiger partial charge is 0.289 e. The van der Waals surface area contributed by atoms with E-state index in [2.05, 4.69) is 9.88 Å². The first-order chi connectivity index (χ1) is 12.0. The predicted molar refractivity (Wildman–Crippen MR) is 95.7 cm³/mol. The third-order valence-electron chi connectivity index (χ3n) is 4.94. The monoisotopic (exact) mass is 359 g/mol. The number of ketones is 1. The Bertz CT molecular complexity index is 831. The number of anilines is 1. The Morgan fingerprint density at radius 3 is 2.60 bits per heavy atom. The van der Waals surface area contributed by atoms with Gasteiger partial charge >= 0.3 is 0 Å². The second kappa shape index (κ2) is 6.29. The Hall–Kier alpha value is -2.15. The van der Waals surface area contributed by atoms with Crippen LogP contribution in [0.25, 0.3) is 0 Å². The van der Waals surface area contributed by atoms with Gasteiger partial charge in [0.25, 0.3) is 5.91 Å². The molecule has 0 atom stereocenters. The normalized spacial score (nSPS) is 17.8. The van der Waals surface area contributed by atoms with E-state index in [1.54, 1.807) is 11.3 Å². The van der Waals surface area contributed by atoms with E-state index in [0.717, 1.165) is 36.8 Å². The zero-order chi connectivity index (χ0) is 17.6. The number of fused-ring (bicyclic) bond motifs is 1. The van der Waals surface area contributed by atoms with E-state index in [9.17, 15) is 9.59 Å². The van der Waals surface area contributed by atoms with Gasteiger partial charge in [0.2, 0.25) is 0 Å². The number of rotatable bonds is 2. The van der Waals surface area contributed by atoms with E-state index >= 15 is 0 Å². The van der Waals surface area contributed by atoms with E-state index in [1.807, 2.05) is 24.1 Å². The largest absolute Gasteiger partial charge is 0.455 e. The summed E-state index contributed by atoms with van der Waals surface area (Å²) in [6.45, 7) is 6.61. The van der Waals surface area contributed by atoms with Gasteiger partial charge in [-0.3, -0.25) is 9.59 Å². The number of hydrogen-bond acceptors (Lipinski definition) is 6. The molecule has 0 N–H and O–H groups in total. The number of Topliss-reactive ketones (excluding diaryl/α,β-unsaturated/α-hetero) is 1. The van der Waals surface area contributed by atoms with Crippen LogP contribution in [-0.2, 0) is 6.42 Å². The first kappa shape index (κ1) is 16.3. The summed E-state index contributed by atoms with van der Waals surface area (Å²) in [5, 5.41) is 3.06. The summed E-state index contributed by atoms with van der Waals surface area (Å²) in [5.74, 6) is 1.04. The van der Waals surface area contributed by atoms with Crippen LogP contribution >= 0.6 is 11.3 Å². The van der Waals surface area contributed by atoms with Crippen LogP contribution in [0.15, 0.2) is 9.80 Å². The van der Waals surface area contributed by atoms with Crippen molar-refractivity contribution in [3.63, 3.8) is 0 Å². The fraction of sp³-hybridized carbons (Fsp3) is 0.500. The molecule has 0 unspecified atom stereocenters. The van der Waals surface area contributed by atoms with Gasteiger partial charge in [-0.15, -0.1) is 11.3 Å². The van der Waals surface area contributed by atoms with Crippen LogP contribution in [0, 0.1) is 13.8 Å². The average Bonchev–Trinajstić information content (AvgIpc) is 3.19. The zero-order valence-electron chi connectivity index (χ0n) is 14.5. The molecule has 2 aromatic rings. The van der Waals surface area contributed by atoms with E-state index in [0.29, 0.717) is 42.2 Å². The molecule has 1 amide bonds. The Morgan fingerprint density at radius 1 is 1.20 bits per heavy atom. The highest BCUT2D eigenvalue weighted by molar-refractivity contribution is 7.13. The number of aromatic nitrogens is 1. The van der Waals surface area contributed by atoms with Crippen molar-refractivity contribution in [2.45, 2.75) is 33.1 Å². The van der Waals surface area contributed by atoms with Crippen molar-refractivity contribution in [2.24, 2.45) is 0 Å². The molecule has 4 rings (SSSR count). The highest BCUT2D eigenvalue weighted by Crippen LogP contribution is 2.30. The summed E-state index contributed by atoms with van der Waals surface area (Å²) in [6, 6.07) is 0. The Morgan fingerprint density at radius 2 is 1.96 bits per heavy atom. The molecule has 0 radical (unpaired) electrons. The molecule has 0 bridgehead atoms. The lowest BCUT2D eigenvalue weighted by Crippen LogP contribution is -2.48. The van der Waals surface area contributed by atoms with Crippen molar-refractivity contribution in [3.05, 3.63) is 33.7 Å². The van der Waals surface area contributed by atoms with Gasteiger partial charge in [0, 0.05) is 50.0 Å². The molecular formula is C18H21N3O3S. The van der Waals surface area contributed by atoms with Crippen molar-refractivity contribution in [1.82, 2.24) is 9.88 Å². The molecule has 1 aliphatic carbocycles. The van der Waals surface area contributed by atoms with Gasteiger partial charge in [-0.2, -0.15) is 0 Å². The van der Waals surface area contributed by atoms with Gasteiger partial charge in [-0.05, 0) is 20.3 Å². The molecule has 25 heavy (non-hydrogen) atoms. The molecule has 7 heteroatoms. The summed E-state index contributed by atoms with van der Waals surface area (Å²) in [6.07, 6.45) is 2.09. The maximum atomic E-state index is 12.9. The van der Waals surface area contributed by atoms with Crippen LogP contribution < -0.4 is 4.90 Å². The van der Waals surface area contributed by atoms with Crippen molar-refractivity contribution < 1.29 is 14.0 Å². The summed E-state index contributed by atoms with van der Waals surface area (Å²) in [5.41, 5.74) is 2.38. The number of carbonyl (C=O) groups is 2. The molecule has 1 aliphatic heterocycles. The van der Waals surface area contributed by atoms with Gasteiger partial charge < -0.3 is 14.2 Å². The molecule has 1 saturated heterocycles. The van der Waals surface area contributed by atoms with Crippen molar-refractivity contribution >= 4 is 28.2 Å². The molecule has 132 valence electrons. The summed E-state index contributed by atoms with van der Waals surface area (Å²) < 4.78 is 5.80. The second-order valence-electron chi connectivity index (χ2n) is 6.68. The molecule has 0 aromatic carbocycles. The number of aryl methyl sites for hydroxylation is 2. The Balaban J connectivity index is 1.49. The minimum absolute atomic E-state index is 0.102. The third kappa shape index (κ3) is 2.86. The van der Waals surface area contributed by atoms with E-state index in [-0.39, 0.29) is 11.7 Å². The van der Waals surface area contributed by atoms with Gasteiger partial charge in [0.15, 0.2) is 16.7 Å². The number of amides is 1. The summed E-state index contributed by atoms with van der Waals surface area (Å²) >= 11 is 1.64. The Labute approximate surface area is 150 Å². The molecule has 1 fully saturated rings. The number of nitrogens with zero attached hydrogens (tertiary/aromatic N) is 3. The predicted octanol–water partition coefficient (Wildman–Crippen LogP) is 2.83. The lowest BCUT2D eigenvalue weighted by atomic mass is 9.94. The summed E-state index contributed by atoms with van der Waals surface area (Å²) in [7, 11) is 0. The molecule has 6 nitrogen and oxygen atoms in total. The van der Waals surface area contributed by atoms with E-state index in [4.69, 9.17) is 4.42 Å². The lowest BCUT2D eigenvalue weighted by molar-refractivity contribution is 0.0711. The standard InChI is InChI=1S/C18H21N3O3S/c1-11-10-25-18(19-11)21-8-6-20(7-9-21)17(23)16-12(2)15-13(22)4-3-5-14(15)24-16/h10H,3-9H2,1-2H3. The Kier molecular flexibility index (Phi) is 4.11. The molecular weight excluding hydrogens is 338 g/mol. The van der Waals surface area contributed by atoms with Gasteiger partial charge in [0.1, 0.15) is 5.76 Å². The van der Waals surface area contributed by atoms with Crippen LogP contribution in [0.2, 0.25) is 0 Å². The molecule has 2 aromatic heterocycles. The second-order valence-corrected chi connectivity index (χ2v) is 7.52. The average molecular weight is 359 g/mol. The topological polar surface area (TPSA) is 66.7 Å². The SMILES string of the molecule is Cc1csc(N2CCN(C(=O)c3oc4c(c3C)C(=O)CCC4)CC2)n1. The number of hydrogen-bond donors (Lipinski definition) is 0. The molecule has 0 spiro atoms. The number of thiazole rings is 1. The minimum atomic E-state index is -0.102. The lowest BCUT2D eigenvalue weighted by Gasteiger charge is -2.34. The number of furan rings is 1. The maximum absolute atomic E-state index is 12.9. The third-order valence-corrected chi connectivity index (χ3v) is 5.96. The van der Waals surface area contributed by atoms with E-state index < -0.39 is 0 Å². The maximum Gasteiger partial charge on any atom is 0.289 e. The van der Waals surface area contributed by atoms with Crippen LogP contribution in [0.3, 0.4) is 0 Å². The fourth-order valence-corrected chi connectivity index (χ4v) is 4.44. The highest BCUT2D eigenvalue weighted by Gasteiger charge is 2.32. The number of carbonyl (C=O) groups excluding carboxylic acids is 2. The van der Waals surface area contributed by atoms with Crippen LogP contribution in [-0.4, -0.2) is 47.8 Å². The van der Waals surface area contributed by atoms with Crippen molar-refractivity contribution in [1.29, 1.82) is 0 Å². The molecule has 3 heterocycles. The fourth-order valence-electron chi connectivity index (χ4n) is 3.58. The number of piperazine rings is 1. The first-order valence-corrected chi connectivity index (χ1v) is 9.54. The quantitative estimate of drug-likeness (QED) is 0.825. The van der Waals surface area contributed by atoms with Crippen molar-refractivity contribution in [2.75, 3.05) is 31.1 Å². The molecule has 0 saturated carbocycles. The first-order valence-electron chi connectivity index (χ1n) is 8.66. The molecule has 2 aliphatic rings. The van der Waals surface area contributed by atoms with Gasteiger partial charge in [-0.25, -0.2) is 4.98 Å². The zero-order valence-corrected chi connectivity index (χ0v) is 15.3. The van der Waals surface area contributed by atoms with Crippen molar-refractivity contribution in [3.8, 4) is 0 Å². The highest BCUT2D eigenvalue weighted by atomic mass is 32.1. The summed E-state index contributed by atoms with van der Waals surface area (Å²) in [4.78, 5) is 33.6.